The summed E-state index contributed by atoms with van der Waals surface area (Å²) < 4.78 is 16.9. The van der Waals surface area contributed by atoms with E-state index in [1.54, 1.807) is 48.5 Å². The molecule has 2 heterocycles. The molecule has 188 valence electrons. The Morgan fingerprint density at radius 1 is 0.944 bits per heavy atom. The van der Waals surface area contributed by atoms with Gasteiger partial charge in [-0.1, -0.05) is 44.5 Å². The van der Waals surface area contributed by atoms with Crippen LogP contribution in [0.25, 0.3) is 5.76 Å². The number of nitrogens with zero attached hydrogens (tertiary/aromatic N) is 1. The number of amides is 1. The van der Waals surface area contributed by atoms with Crippen molar-refractivity contribution in [3.05, 3.63) is 89.4 Å². The van der Waals surface area contributed by atoms with Crippen molar-refractivity contribution in [2.24, 2.45) is 0 Å². The Hall–Kier alpha value is -4.00. The standard InChI is InChI=1S/C29H31NO6/c1-3-5-16-35-23-9-6-8-21(18-23)27(31)25-26(20-11-13-22(14-12-20)34-15-4-2)30(29(33)28(25)32)19-24-10-7-17-36-24/h6-14,17-18,26,31H,3-5,15-16,19H2,1-2H3/b27-25+. The van der Waals surface area contributed by atoms with E-state index in [2.05, 4.69) is 6.92 Å². The van der Waals surface area contributed by atoms with E-state index < -0.39 is 17.7 Å². The van der Waals surface area contributed by atoms with Crippen LogP contribution in [0.4, 0.5) is 0 Å². The van der Waals surface area contributed by atoms with Gasteiger partial charge < -0.3 is 23.9 Å². The van der Waals surface area contributed by atoms with Crippen LogP contribution in [-0.2, 0) is 16.1 Å². The Kier molecular flexibility index (Phi) is 8.10. The second kappa shape index (κ2) is 11.6. The van der Waals surface area contributed by atoms with Crippen molar-refractivity contribution in [3.63, 3.8) is 0 Å². The molecule has 1 aliphatic heterocycles. The van der Waals surface area contributed by atoms with Crippen LogP contribution in [0.3, 0.4) is 0 Å². The zero-order valence-corrected chi connectivity index (χ0v) is 20.6. The Morgan fingerprint density at radius 2 is 1.72 bits per heavy atom. The summed E-state index contributed by atoms with van der Waals surface area (Å²) >= 11 is 0. The van der Waals surface area contributed by atoms with Crippen molar-refractivity contribution < 1.29 is 28.6 Å². The van der Waals surface area contributed by atoms with Gasteiger partial charge in [-0.15, -0.1) is 0 Å². The maximum atomic E-state index is 13.3. The number of likely N-dealkylation sites (tertiary alicyclic amines) is 1. The molecule has 7 nitrogen and oxygen atoms in total. The van der Waals surface area contributed by atoms with Crippen molar-refractivity contribution in [2.45, 2.75) is 45.7 Å². The van der Waals surface area contributed by atoms with Crippen LogP contribution in [-0.4, -0.2) is 34.9 Å². The lowest BCUT2D eigenvalue weighted by Crippen LogP contribution is -2.29. The summed E-state index contributed by atoms with van der Waals surface area (Å²) in [7, 11) is 0. The molecule has 1 aliphatic rings. The second-order valence-corrected chi connectivity index (χ2v) is 8.65. The average Bonchev–Trinajstić information content (AvgIpc) is 3.50. The van der Waals surface area contributed by atoms with Gasteiger partial charge in [-0.3, -0.25) is 9.59 Å². The van der Waals surface area contributed by atoms with Crippen LogP contribution in [0, 0.1) is 0 Å². The molecule has 4 rings (SSSR count). The predicted molar refractivity (Wildman–Crippen MR) is 136 cm³/mol. The Morgan fingerprint density at radius 3 is 2.42 bits per heavy atom. The third kappa shape index (κ3) is 5.46. The lowest BCUT2D eigenvalue weighted by atomic mass is 9.95. The molecular weight excluding hydrogens is 458 g/mol. The summed E-state index contributed by atoms with van der Waals surface area (Å²) in [6.07, 6.45) is 4.31. The molecule has 1 atom stereocenters. The van der Waals surface area contributed by atoms with Crippen LogP contribution in [0.5, 0.6) is 11.5 Å². The first-order valence-electron chi connectivity index (χ1n) is 12.3. The number of ether oxygens (including phenoxy) is 2. The van der Waals surface area contributed by atoms with Crippen molar-refractivity contribution >= 4 is 17.4 Å². The van der Waals surface area contributed by atoms with E-state index in [9.17, 15) is 14.7 Å². The molecule has 36 heavy (non-hydrogen) atoms. The van der Waals surface area contributed by atoms with Gasteiger partial charge in [0.2, 0.25) is 0 Å². The van der Waals surface area contributed by atoms with Gasteiger partial charge in [0.15, 0.2) is 0 Å². The zero-order valence-electron chi connectivity index (χ0n) is 20.6. The van der Waals surface area contributed by atoms with Crippen LogP contribution in [0.1, 0.15) is 56.0 Å². The molecule has 1 saturated heterocycles. The summed E-state index contributed by atoms with van der Waals surface area (Å²) in [5, 5.41) is 11.3. The van der Waals surface area contributed by atoms with Gasteiger partial charge >= 0.3 is 0 Å². The van der Waals surface area contributed by atoms with Crippen molar-refractivity contribution in [1.29, 1.82) is 0 Å². The van der Waals surface area contributed by atoms with Gasteiger partial charge in [0.05, 0.1) is 37.6 Å². The summed E-state index contributed by atoms with van der Waals surface area (Å²) in [6, 6.07) is 16.9. The third-order valence-electron chi connectivity index (χ3n) is 5.99. The van der Waals surface area contributed by atoms with E-state index in [1.165, 1.54) is 11.2 Å². The molecule has 0 bridgehead atoms. The highest BCUT2D eigenvalue weighted by Gasteiger charge is 2.46. The van der Waals surface area contributed by atoms with Crippen LogP contribution >= 0.6 is 0 Å². The molecule has 1 unspecified atom stereocenters. The maximum absolute atomic E-state index is 13.3. The topological polar surface area (TPSA) is 89.2 Å². The molecule has 0 saturated carbocycles. The maximum Gasteiger partial charge on any atom is 0.296 e. The second-order valence-electron chi connectivity index (χ2n) is 8.65. The number of aliphatic hydroxyl groups excluding tert-OH is 1. The molecule has 2 aromatic carbocycles. The van der Waals surface area contributed by atoms with E-state index in [0.29, 0.717) is 41.6 Å². The largest absolute Gasteiger partial charge is 0.507 e. The number of rotatable bonds is 11. The zero-order chi connectivity index (χ0) is 25.5. The van der Waals surface area contributed by atoms with Crippen molar-refractivity contribution in [3.8, 4) is 11.5 Å². The van der Waals surface area contributed by atoms with Gasteiger partial charge in [-0.2, -0.15) is 0 Å². The van der Waals surface area contributed by atoms with Crippen LogP contribution in [0.2, 0.25) is 0 Å². The number of unbranched alkanes of at least 4 members (excludes halogenated alkanes) is 1. The van der Waals surface area contributed by atoms with Crippen LogP contribution in [0.15, 0.2) is 76.9 Å². The highest BCUT2D eigenvalue weighted by molar-refractivity contribution is 6.46. The number of carbonyl (C=O) groups excluding carboxylic acids is 2. The highest BCUT2D eigenvalue weighted by atomic mass is 16.5. The fraction of sp³-hybridized carbons (Fsp3) is 0.310. The number of benzene rings is 2. The van der Waals surface area contributed by atoms with E-state index in [4.69, 9.17) is 13.9 Å². The molecule has 1 fully saturated rings. The summed E-state index contributed by atoms with van der Waals surface area (Å²) in [5.74, 6) is 0.141. The number of Topliss-reactive ketones (excluding diaryl/α,β-unsaturated/α-hetero) is 1. The molecule has 1 amide bonds. The van der Waals surface area contributed by atoms with E-state index >= 15 is 0 Å². The molecular formula is C29H31NO6. The molecule has 0 aliphatic carbocycles. The lowest BCUT2D eigenvalue weighted by Gasteiger charge is -2.24. The smallest absolute Gasteiger partial charge is 0.296 e. The summed E-state index contributed by atoms with van der Waals surface area (Å²) in [5.41, 5.74) is 1.12. The summed E-state index contributed by atoms with van der Waals surface area (Å²) in [6.45, 7) is 5.34. The molecule has 1 N–H and O–H groups in total. The van der Waals surface area contributed by atoms with Gasteiger partial charge in [0, 0.05) is 5.56 Å². The average molecular weight is 490 g/mol. The van der Waals surface area contributed by atoms with Crippen LogP contribution < -0.4 is 9.47 Å². The van der Waals surface area contributed by atoms with Crippen molar-refractivity contribution in [1.82, 2.24) is 4.90 Å². The lowest BCUT2D eigenvalue weighted by molar-refractivity contribution is -0.140. The highest BCUT2D eigenvalue weighted by Crippen LogP contribution is 2.41. The SMILES string of the molecule is CCCCOc1cccc(/C(O)=C2\C(=O)C(=O)N(Cc3ccco3)C2c2ccc(OCCC)cc2)c1. The Balaban J connectivity index is 1.75. The van der Waals surface area contributed by atoms with E-state index in [0.717, 1.165) is 19.3 Å². The normalized spacial score (nSPS) is 16.9. The van der Waals surface area contributed by atoms with E-state index in [1.807, 2.05) is 19.1 Å². The Labute approximate surface area is 210 Å². The molecule has 0 radical (unpaired) electrons. The Bertz CT molecular complexity index is 1210. The molecule has 0 spiro atoms. The first-order valence-corrected chi connectivity index (χ1v) is 12.3. The first-order chi connectivity index (χ1) is 17.5. The number of hydrogen-bond acceptors (Lipinski definition) is 6. The van der Waals surface area contributed by atoms with E-state index in [-0.39, 0.29) is 17.9 Å². The molecule has 7 heteroatoms. The third-order valence-corrected chi connectivity index (χ3v) is 5.99. The monoisotopic (exact) mass is 489 g/mol. The predicted octanol–water partition coefficient (Wildman–Crippen LogP) is 5.87. The minimum atomic E-state index is -0.792. The quantitative estimate of drug-likeness (QED) is 0.157. The minimum Gasteiger partial charge on any atom is -0.507 e. The molecule has 3 aromatic rings. The molecule has 1 aromatic heterocycles. The summed E-state index contributed by atoms with van der Waals surface area (Å²) in [4.78, 5) is 27.8. The van der Waals surface area contributed by atoms with Gasteiger partial charge in [-0.05, 0) is 54.8 Å². The van der Waals surface area contributed by atoms with Crippen molar-refractivity contribution in [2.75, 3.05) is 13.2 Å². The fourth-order valence-corrected chi connectivity index (χ4v) is 4.15. The first kappa shape index (κ1) is 25.1. The number of carbonyl (C=O) groups is 2. The number of ketones is 1. The minimum absolute atomic E-state index is 0.0273. The number of hydrogen-bond donors (Lipinski definition) is 1. The van der Waals surface area contributed by atoms with Gasteiger partial charge in [0.25, 0.3) is 11.7 Å². The van der Waals surface area contributed by atoms with Gasteiger partial charge in [-0.25, -0.2) is 0 Å². The number of furan rings is 1. The number of aliphatic hydroxyl groups is 1. The van der Waals surface area contributed by atoms with Gasteiger partial charge in [0.1, 0.15) is 23.0 Å². The fourth-order valence-electron chi connectivity index (χ4n) is 4.15.